The standard InChI is InChI=1S/C18H19Br2N3O2/c1-12-4-6-15(7-5-12)21-8-2-3-17(24)23-22-11-13-9-14(19)10-16(20)18(13)25/h4-7,9-11,21,25H,2-3,8H2,1H3,(H,23,24). The van der Waals surface area contributed by atoms with Crippen molar-refractivity contribution >= 4 is 49.7 Å². The summed E-state index contributed by atoms with van der Waals surface area (Å²) in [4.78, 5) is 11.8. The summed E-state index contributed by atoms with van der Waals surface area (Å²) in [6, 6.07) is 11.6. The van der Waals surface area contributed by atoms with E-state index in [1.807, 2.05) is 31.2 Å². The lowest BCUT2D eigenvalue weighted by atomic mass is 10.2. The predicted octanol–water partition coefficient (Wildman–Crippen LogP) is 4.57. The molecule has 0 aliphatic heterocycles. The average molecular weight is 469 g/mol. The number of nitrogens with zero attached hydrogens (tertiary/aromatic N) is 1. The van der Waals surface area contributed by atoms with Gasteiger partial charge in [-0.25, -0.2) is 5.43 Å². The van der Waals surface area contributed by atoms with Crippen LogP contribution in [0.5, 0.6) is 5.75 Å². The number of hydrogen-bond acceptors (Lipinski definition) is 4. The maximum absolute atomic E-state index is 11.8. The zero-order valence-electron chi connectivity index (χ0n) is 13.7. The molecule has 0 aliphatic carbocycles. The van der Waals surface area contributed by atoms with Crippen LogP contribution in [0.2, 0.25) is 0 Å². The number of hydrazone groups is 1. The van der Waals surface area contributed by atoms with Crippen molar-refractivity contribution in [3.63, 3.8) is 0 Å². The van der Waals surface area contributed by atoms with E-state index >= 15 is 0 Å². The topological polar surface area (TPSA) is 73.7 Å². The number of halogens is 2. The van der Waals surface area contributed by atoms with Gasteiger partial charge >= 0.3 is 0 Å². The molecule has 0 radical (unpaired) electrons. The van der Waals surface area contributed by atoms with Crippen molar-refractivity contribution in [2.75, 3.05) is 11.9 Å². The Balaban J connectivity index is 1.73. The summed E-state index contributed by atoms with van der Waals surface area (Å²) in [6.07, 6.45) is 2.47. The van der Waals surface area contributed by atoms with E-state index in [-0.39, 0.29) is 11.7 Å². The molecular formula is C18H19Br2N3O2. The van der Waals surface area contributed by atoms with Crippen LogP contribution >= 0.6 is 31.9 Å². The van der Waals surface area contributed by atoms with Crippen LogP contribution in [0.3, 0.4) is 0 Å². The summed E-state index contributed by atoms with van der Waals surface area (Å²) < 4.78 is 1.35. The number of phenolic OH excluding ortho intramolecular Hbond substituents is 1. The van der Waals surface area contributed by atoms with Crippen LogP contribution in [-0.4, -0.2) is 23.8 Å². The highest BCUT2D eigenvalue weighted by molar-refractivity contribution is 9.11. The van der Waals surface area contributed by atoms with Crippen LogP contribution in [-0.2, 0) is 4.79 Å². The number of phenols is 1. The van der Waals surface area contributed by atoms with Gasteiger partial charge < -0.3 is 10.4 Å². The number of carbonyl (C=O) groups is 1. The summed E-state index contributed by atoms with van der Waals surface area (Å²) in [7, 11) is 0. The van der Waals surface area contributed by atoms with Crippen LogP contribution in [0, 0.1) is 6.92 Å². The van der Waals surface area contributed by atoms with Crippen molar-refractivity contribution in [1.29, 1.82) is 0 Å². The maximum atomic E-state index is 11.8. The second-order valence-corrected chi connectivity index (χ2v) is 7.28. The Kier molecular flexibility index (Phi) is 7.46. The second-order valence-electron chi connectivity index (χ2n) is 5.51. The van der Waals surface area contributed by atoms with Gasteiger partial charge in [0.15, 0.2) is 0 Å². The van der Waals surface area contributed by atoms with Crippen molar-refractivity contribution < 1.29 is 9.90 Å². The summed E-state index contributed by atoms with van der Waals surface area (Å²) in [5.41, 5.74) is 5.22. The fraction of sp³-hybridized carbons (Fsp3) is 0.222. The third-order valence-corrected chi connectivity index (χ3v) is 4.47. The fourth-order valence-electron chi connectivity index (χ4n) is 2.07. The van der Waals surface area contributed by atoms with Crippen LogP contribution in [0.1, 0.15) is 24.0 Å². The van der Waals surface area contributed by atoms with Crippen molar-refractivity contribution in [2.45, 2.75) is 19.8 Å². The first kappa shape index (κ1) is 19.5. The Hall–Kier alpha value is -1.86. The Morgan fingerprint density at radius 1 is 1.24 bits per heavy atom. The molecule has 0 fully saturated rings. The number of hydrogen-bond donors (Lipinski definition) is 3. The third-order valence-electron chi connectivity index (χ3n) is 3.41. The Labute approximate surface area is 163 Å². The minimum absolute atomic E-state index is 0.0727. The molecule has 132 valence electrons. The highest BCUT2D eigenvalue weighted by Gasteiger charge is 2.05. The Morgan fingerprint density at radius 3 is 2.68 bits per heavy atom. The molecule has 0 aliphatic rings. The molecule has 2 aromatic rings. The summed E-state index contributed by atoms with van der Waals surface area (Å²) in [6.45, 7) is 2.75. The van der Waals surface area contributed by atoms with Crippen LogP contribution in [0.25, 0.3) is 0 Å². The second kappa shape index (κ2) is 9.58. The first-order chi connectivity index (χ1) is 12.0. The molecule has 2 rings (SSSR count). The van der Waals surface area contributed by atoms with Crippen molar-refractivity contribution in [1.82, 2.24) is 5.43 Å². The van der Waals surface area contributed by atoms with Crippen LogP contribution < -0.4 is 10.7 Å². The summed E-state index contributed by atoms with van der Waals surface area (Å²) >= 11 is 6.58. The van der Waals surface area contributed by atoms with Gasteiger partial charge in [-0.05, 0) is 53.5 Å². The quantitative estimate of drug-likeness (QED) is 0.316. The molecular weight excluding hydrogens is 450 g/mol. The molecule has 1 amide bonds. The van der Waals surface area contributed by atoms with Gasteiger partial charge in [-0.2, -0.15) is 5.10 Å². The molecule has 25 heavy (non-hydrogen) atoms. The monoisotopic (exact) mass is 467 g/mol. The molecule has 7 heteroatoms. The van der Waals surface area contributed by atoms with Gasteiger partial charge in [-0.15, -0.1) is 0 Å². The molecule has 0 heterocycles. The first-order valence-corrected chi connectivity index (χ1v) is 9.35. The Morgan fingerprint density at radius 2 is 1.96 bits per heavy atom. The summed E-state index contributed by atoms with van der Waals surface area (Å²) in [5.74, 6) is -0.0981. The molecule has 0 atom stereocenters. The Bertz CT molecular complexity index is 762. The van der Waals surface area contributed by atoms with E-state index in [2.05, 4.69) is 47.7 Å². The van der Waals surface area contributed by atoms with Crippen molar-refractivity contribution in [3.8, 4) is 5.75 Å². The van der Waals surface area contributed by atoms with Crippen molar-refractivity contribution in [2.24, 2.45) is 5.10 Å². The number of aryl methyl sites for hydroxylation is 1. The smallest absolute Gasteiger partial charge is 0.240 e. The number of amides is 1. The SMILES string of the molecule is Cc1ccc(NCCCC(=O)NN=Cc2cc(Br)cc(Br)c2O)cc1. The number of rotatable bonds is 7. The number of nitrogens with one attached hydrogen (secondary N) is 2. The highest BCUT2D eigenvalue weighted by Crippen LogP contribution is 2.30. The number of aromatic hydroxyl groups is 1. The summed E-state index contributed by atoms with van der Waals surface area (Å²) in [5, 5.41) is 17.1. The van der Waals surface area contributed by atoms with Crippen LogP contribution in [0.4, 0.5) is 5.69 Å². The van der Waals surface area contributed by atoms with Gasteiger partial charge in [0.1, 0.15) is 5.75 Å². The molecule has 0 spiro atoms. The van der Waals surface area contributed by atoms with Gasteiger partial charge in [0.25, 0.3) is 0 Å². The lowest BCUT2D eigenvalue weighted by Crippen LogP contribution is -2.18. The molecule has 0 bridgehead atoms. The van der Waals surface area contributed by atoms with E-state index in [4.69, 9.17) is 0 Å². The third kappa shape index (κ3) is 6.51. The zero-order chi connectivity index (χ0) is 18.2. The van der Waals surface area contributed by atoms with Crippen LogP contribution in [0.15, 0.2) is 50.4 Å². The number of carbonyl (C=O) groups excluding carboxylic acids is 1. The molecule has 0 saturated carbocycles. The van der Waals surface area contributed by atoms with Gasteiger partial charge in [0, 0.05) is 28.7 Å². The van der Waals surface area contributed by atoms with Crippen molar-refractivity contribution in [3.05, 3.63) is 56.5 Å². The molecule has 3 N–H and O–H groups in total. The van der Waals surface area contributed by atoms with Gasteiger partial charge in [0.2, 0.25) is 5.91 Å². The number of benzene rings is 2. The lowest BCUT2D eigenvalue weighted by Gasteiger charge is -2.06. The van der Waals surface area contributed by atoms with Gasteiger partial charge in [-0.1, -0.05) is 33.6 Å². The highest BCUT2D eigenvalue weighted by atomic mass is 79.9. The predicted molar refractivity (Wildman–Crippen MR) is 108 cm³/mol. The van der Waals surface area contributed by atoms with E-state index in [9.17, 15) is 9.90 Å². The molecule has 0 unspecified atom stereocenters. The maximum Gasteiger partial charge on any atom is 0.240 e. The van der Waals surface area contributed by atoms with E-state index < -0.39 is 0 Å². The van der Waals surface area contributed by atoms with E-state index in [1.54, 1.807) is 12.1 Å². The first-order valence-electron chi connectivity index (χ1n) is 7.76. The average Bonchev–Trinajstić information content (AvgIpc) is 2.57. The fourth-order valence-corrected chi connectivity index (χ4v) is 3.33. The normalized spacial score (nSPS) is 10.8. The molecule has 5 nitrogen and oxygen atoms in total. The van der Waals surface area contributed by atoms with E-state index in [0.717, 1.165) is 10.2 Å². The minimum atomic E-state index is -0.171. The van der Waals surface area contributed by atoms with Gasteiger partial charge in [0.05, 0.1) is 10.7 Å². The molecule has 2 aromatic carbocycles. The molecule has 0 aromatic heterocycles. The molecule has 0 saturated heterocycles. The minimum Gasteiger partial charge on any atom is -0.506 e. The zero-order valence-corrected chi connectivity index (χ0v) is 16.9. The number of anilines is 1. The van der Waals surface area contributed by atoms with E-state index in [1.165, 1.54) is 11.8 Å². The lowest BCUT2D eigenvalue weighted by molar-refractivity contribution is -0.121. The largest absolute Gasteiger partial charge is 0.506 e. The van der Waals surface area contributed by atoms with E-state index in [0.29, 0.717) is 29.4 Å². The van der Waals surface area contributed by atoms with Gasteiger partial charge in [-0.3, -0.25) is 4.79 Å².